The third kappa shape index (κ3) is 7.32. The van der Waals surface area contributed by atoms with E-state index in [0.717, 1.165) is 19.3 Å². The number of ether oxygens (including phenoxy) is 1. The van der Waals surface area contributed by atoms with E-state index in [4.69, 9.17) is 4.74 Å². The van der Waals surface area contributed by atoms with Crippen molar-refractivity contribution >= 4 is 5.97 Å². The van der Waals surface area contributed by atoms with Crippen LogP contribution in [-0.2, 0) is 9.53 Å². The Morgan fingerprint density at radius 2 is 2.25 bits per heavy atom. The number of carbonyl (C=O) groups excluding carboxylic acids is 1. The highest BCUT2D eigenvalue weighted by Crippen LogP contribution is 2.10. The molecule has 0 aromatic carbocycles. The van der Waals surface area contributed by atoms with Gasteiger partial charge in [-0.1, -0.05) is 13.0 Å². The van der Waals surface area contributed by atoms with Crippen LogP contribution in [0.2, 0.25) is 0 Å². The van der Waals surface area contributed by atoms with E-state index in [1.54, 1.807) is 0 Å². The van der Waals surface area contributed by atoms with Gasteiger partial charge in [-0.05, 0) is 25.2 Å². The minimum atomic E-state index is -0.189. The van der Waals surface area contributed by atoms with Gasteiger partial charge in [0.2, 0.25) is 0 Å². The lowest BCUT2D eigenvalue weighted by molar-refractivity contribution is -0.141. The summed E-state index contributed by atoms with van der Waals surface area (Å²) in [6.45, 7) is 7.80. The lowest BCUT2D eigenvalue weighted by atomic mass is 10.0. The highest BCUT2D eigenvalue weighted by Gasteiger charge is 2.01. The molecule has 0 rings (SSSR count). The topological polar surface area (TPSA) is 26.3 Å². The van der Waals surface area contributed by atoms with E-state index in [9.17, 15) is 4.79 Å². The Labute approximate surface area is 74.6 Å². The molecule has 2 heteroatoms. The smallest absolute Gasteiger partial charge is 0.302 e. The summed E-state index contributed by atoms with van der Waals surface area (Å²) in [6.07, 6.45) is 5.04. The van der Waals surface area contributed by atoms with E-state index in [1.807, 2.05) is 6.08 Å². The second kappa shape index (κ2) is 6.89. The maximum absolute atomic E-state index is 10.4. The van der Waals surface area contributed by atoms with Gasteiger partial charge in [0, 0.05) is 6.92 Å². The largest absolute Gasteiger partial charge is 0.466 e. The fraction of sp³-hybridized carbons (Fsp3) is 0.700. The summed E-state index contributed by atoms with van der Waals surface area (Å²) in [4.78, 5) is 10.4. The first-order valence-corrected chi connectivity index (χ1v) is 4.41. The highest BCUT2D eigenvalue weighted by atomic mass is 16.5. The zero-order valence-electron chi connectivity index (χ0n) is 8.01. The maximum atomic E-state index is 10.4. The van der Waals surface area contributed by atoms with E-state index in [2.05, 4.69) is 13.5 Å². The van der Waals surface area contributed by atoms with Gasteiger partial charge in [0.25, 0.3) is 0 Å². The number of allylic oxidation sites excluding steroid dienone is 1. The molecule has 0 bridgehead atoms. The molecule has 12 heavy (non-hydrogen) atoms. The maximum Gasteiger partial charge on any atom is 0.302 e. The van der Waals surface area contributed by atoms with Crippen LogP contribution in [-0.4, -0.2) is 12.6 Å². The summed E-state index contributed by atoms with van der Waals surface area (Å²) >= 11 is 0. The van der Waals surface area contributed by atoms with Crippen LogP contribution in [0, 0.1) is 5.92 Å². The molecule has 0 spiro atoms. The predicted molar refractivity (Wildman–Crippen MR) is 49.8 cm³/mol. The van der Waals surface area contributed by atoms with Crippen molar-refractivity contribution in [2.75, 3.05) is 6.61 Å². The molecule has 0 amide bonds. The Bertz CT molecular complexity index is 141. The van der Waals surface area contributed by atoms with Gasteiger partial charge in [-0.3, -0.25) is 4.79 Å². The fourth-order valence-corrected chi connectivity index (χ4v) is 0.951. The third-order valence-electron chi connectivity index (χ3n) is 1.78. The summed E-state index contributed by atoms with van der Waals surface area (Å²) in [5.74, 6) is 0.424. The van der Waals surface area contributed by atoms with Crippen LogP contribution in [0.3, 0.4) is 0 Å². The first kappa shape index (κ1) is 11.2. The van der Waals surface area contributed by atoms with Crippen molar-refractivity contribution in [3.8, 4) is 0 Å². The number of rotatable bonds is 6. The molecule has 0 fully saturated rings. The molecule has 0 heterocycles. The molecule has 0 N–H and O–H groups in total. The third-order valence-corrected chi connectivity index (χ3v) is 1.78. The SMILES string of the molecule is C=CCC[C@@H](C)CCOC(C)=O. The zero-order valence-corrected chi connectivity index (χ0v) is 8.01. The zero-order chi connectivity index (χ0) is 9.40. The number of carbonyl (C=O) groups is 1. The average molecular weight is 170 g/mol. The molecule has 2 nitrogen and oxygen atoms in total. The predicted octanol–water partition coefficient (Wildman–Crippen LogP) is 2.54. The fourth-order valence-electron chi connectivity index (χ4n) is 0.951. The number of hydrogen-bond donors (Lipinski definition) is 0. The van der Waals surface area contributed by atoms with E-state index >= 15 is 0 Å². The van der Waals surface area contributed by atoms with Crippen LogP contribution in [0.15, 0.2) is 12.7 Å². The summed E-state index contributed by atoms with van der Waals surface area (Å²) in [5, 5.41) is 0. The summed E-state index contributed by atoms with van der Waals surface area (Å²) < 4.78 is 4.83. The second-order valence-corrected chi connectivity index (χ2v) is 3.10. The van der Waals surface area contributed by atoms with Crippen molar-refractivity contribution in [1.82, 2.24) is 0 Å². The van der Waals surface area contributed by atoms with E-state index in [0.29, 0.717) is 12.5 Å². The Kier molecular flexibility index (Phi) is 6.44. The second-order valence-electron chi connectivity index (χ2n) is 3.10. The lowest BCUT2D eigenvalue weighted by Crippen LogP contribution is -2.05. The molecule has 0 aromatic heterocycles. The van der Waals surface area contributed by atoms with Gasteiger partial charge in [0.05, 0.1) is 6.61 Å². The first-order valence-electron chi connectivity index (χ1n) is 4.41. The van der Waals surface area contributed by atoms with Crippen LogP contribution in [0.1, 0.15) is 33.1 Å². The molecule has 0 aliphatic rings. The van der Waals surface area contributed by atoms with E-state index < -0.39 is 0 Å². The van der Waals surface area contributed by atoms with Gasteiger partial charge in [-0.15, -0.1) is 6.58 Å². The van der Waals surface area contributed by atoms with Crippen molar-refractivity contribution in [2.45, 2.75) is 33.1 Å². The molecule has 70 valence electrons. The molecular formula is C10H18O2. The molecular weight excluding hydrogens is 152 g/mol. The normalized spacial score (nSPS) is 12.2. The monoisotopic (exact) mass is 170 g/mol. The van der Waals surface area contributed by atoms with Gasteiger partial charge in [-0.2, -0.15) is 0 Å². The Hall–Kier alpha value is -0.790. The summed E-state index contributed by atoms with van der Waals surface area (Å²) in [5.41, 5.74) is 0. The standard InChI is InChI=1S/C10H18O2/c1-4-5-6-9(2)7-8-12-10(3)11/h4,9H,1,5-8H2,2-3H3/t9-/m1/s1. The number of esters is 1. The number of hydrogen-bond acceptors (Lipinski definition) is 2. The van der Waals surface area contributed by atoms with E-state index in [-0.39, 0.29) is 5.97 Å². The van der Waals surface area contributed by atoms with Gasteiger partial charge in [0.1, 0.15) is 0 Å². The van der Waals surface area contributed by atoms with Crippen molar-refractivity contribution < 1.29 is 9.53 Å². The summed E-state index contributed by atoms with van der Waals surface area (Å²) in [7, 11) is 0. The van der Waals surface area contributed by atoms with Gasteiger partial charge in [-0.25, -0.2) is 0 Å². The van der Waals surface area contributed by atoms with Crippen molar-refractivity contribution in [3.63, 3.8) is 0 Å². The molecule has 0 saturated carbocycles. The Balaban J connectivity index is 3.24. The highest BCUT2D eigenvalue weighted by molar-refractivity contribution is 5.65. The van der Waals surface area contributed by atoms with E-state index in [1.165, 1.54) is 6.92 Å². The molecule has 0 aliphatic carbocycles. The van der Waals surface area contributed by atoms with Crippen LogP contribution in [0.25, 0.3) is 0 Å². The average Bonchev–Trinajstić information content (AvgIpc) is 2.00. The molecule has 0 saturated heterocycles. The lowest BCUT2D eigenvalue weighted by Gasteiger charge is -2.08. The molecule has 1 atom stereocenters. The minimum absolute atomic E-state index is 0.189. The van der Waals surface area contributed by atoms with Crippen molar-refractivity contribution in [1.29, 1.82) is 0 Å². The quantitative estimate of drug-likeness (QED) is 0.452. The molecule has 0 aliphatic heterocycles. The summed E-state index contributed by atoms with van der Waals surface area (Å²) in [6, 6.07) is 0. The Morgan fingerprint density at radius 1 is 1.58 bits per heavy atom. The molecule has 0 aromatic rings. The van der Waals surface area contributed by atoms with Crippen molar-refractivity contribution in [2.24, 2.45) is 5.92 Å². The van der Waals surface area contributed by atoms with Gasteiger partial charge >= 0.3 is 5.97 Å². The van der Waals surface area contributed by atoms with Crippen LogP contribution < -0.4 is 0 Å². The molecule has 0 radical (unpaired) electrons. The van der Waals surface area contributed by atoms with Crippen LogP contribution in [0.5, 0.6) is 0 Å². The minimum Gasteiger partial charge on any atom is -0.466 e. The van der Waals surface area contributed by atoms with Crippen LogP contribution in [0.4, 0.5) is 0 Å². The molecule has 0 unspecified atom stereocenters. The van der Waals surface area contributed by atoms with Crippen LogP contribution >= 0.6 is 0 Å². The van der Waals surface area contributed by atoms with Gasteiger partial charge in [0.15, 0.2) is 0 Å². The Morgan fingerprint density at radius 3 is 2.75 bits per heavy atom. The van der Waals surface area contributed by atoms with Gasteiger partial charge < -0.3 is 4.74 Å². The first-order chi connectivity index (χ1) is 5.66. The van der Waals surface area contributed by atoms with Crippen molar-refractivity contribution in [3.05, 3.63) is 12.7 Å².